The Morgan fingerprint density at radius 1 is 0.406 bits per heavy atom. The van der Waals surface area contributed by atoms with Crippen LogP contribution in [0.5, 0.6) is 0 Å². The second-order valence-electron chi connectivity index (χ2n) is 16.4. The van der Waals surface area contributed by atoms with Gasteiger partial charge < -0.3 is 13.6 Å². The molecule has 0 N–H and O–H groups in total. The zero-order valence-corrected chi connectivity index (χ0v) is 34.8. The van der Waals surface area contributed by atoms with E-state index in [1.54, 1.807) is 0 Å². The maximum absolute atomic E-state index is 7.06. The molecule has 9 aromatic carbocycles. The molecule has 0 saturated carbocycles. The molecule has 0 radical (unpaired) electrons. The van der Waals surface area contributed by atoms with Crippen LogP contribution in [0.3, 0.4) is 0 Å². The van der Waals surface area contributed by atoms with E-state index in [-0.39, 0.29) is 0 Å². The fourth-order valence-electron chi connectivity index (χ4n) is 9.92. The Morgan fingerprint density at radius 2 is 0.922 bits per heavy atom. The van der Waals surface area contributed by atoms with Gasteiger partial charge in [0.2, 0.25) is 0 Å². The van der Waals surface area contributed by atoms with E-state index >= 15 is 0 Å². The highest BCUT2D eigenvalue weighted by atomic mass is 16.3. The van der Waals surface area contributed by atoms with Crippen molar-refractivity contribution in [2.75, 3.05) is 0 Å². The molecule has 300 valence electrons. The number of aromatic nitrogens is 5. The smallest absolute Gasteiger partial charge is 0.168 e. The summed E-state index contributed by atoms with van der Waals surface area (Å²) in [6, 6.07) is 72.5. The van der Waals surface area contributed by atoms with Crippen molar-refractivity contribution in [3.8, 4) is 56.7 Å². The monoisotopic (exact) mass is 819 g/mol. The van der Waals surface area contributed by atoms with Gasteiger partial charge in [-0.25, -0.2) is 15.0 Å². The molecule has 0 saturated heterocycles. The van der Waals surface area contributed by atoms with E-state index in [1.807, 2.05) is 66.7 Å². The minimum atomic E-state index is 0.557. The molecule has 0 aliphatic heterocycles. The van der Waals surface area contributed by atoms with Crippen LogP contribution in [-0.4, -0.2) is 24.1 Å². The van der Waals surface area contributed by atoms with Crippen molar-refractivity contribution in [1.29, 1.82) is 0 Å². The van der Waals surface area contributed by atoms with Crippen LogP contribution in [0.4, 0.5) is 0 Å². The molecular weight excluding hydrogens is 783 g/mol. The standard InChI is InChI=1S/C58H37N5O/c1-36-34-48(51-43-30-16-19-33-49(43)64-55(51)50(36)58-60-56(38-22-8-3-9-23-38)59-57(61-58)39-24-10-4-11-25-39)63-47-32-18-15-29-42(47)52-53(63)44(37-20-6-2-7-21-37)35-45-41-28-14-17-31-46(41)62(54(45)52)40-26-12-5-13-27-40/h2-35H,1H3. The van der Waals surface area contributed by atoms with Gasteiger partial charge in [0.1, 0.15) is 11.2 Å². The van der Waals surface area contributed by atoms with Gasteiger partial charge in [0.05, 0.1) is 38.7 Å². The van der Waals surface area contributed by atoms with Gasteiger partial charge in [0.15, 0.2) is 17.5 Å². The van der Waals surface area contributed by atoms with Crippen molar-refractivity contribution in [2.24, 2.45) is 0 Å². The number of benzene rings is 9. The third-order valence-corrected chi connectivity index (χ3v) is 12.7. The molecular formula is C58H37N5O. The molecule has 4 heterocycles. The highest BCUT2D eigenvalue weighted by Crippen LogP contribution is 2.49. The highest BCUT2D eigenvalue weighted by Gasteiger charge is 2.28. The summed E-state index contributed by atoms with van der Waals surface area (Å²) in [6.45, 7) is 2.15. The van der Waals surface area contributed by atoms with E-state index in [4.69, 9.17) is 19.4 Å². The Kier molecular flexibility index (Phi) is 8.02. The first-order valence-corrected chi connectivity index (χ1v) is 21.6. The molecule has 0 spiro atoms. The van der Waals surface area contributed by atoms with Gasteiger partial charge >= 0.3 is 0 Å². The molecule has 6 heteroatoms. The van der Waals surface area contributed by atoms with Crippen LogP contribution < -0.4 is 0 Å². The zero-order valence-electron chi connectivity index (χ0n) is 34.8. The molecule has 6 nitrogen and oxygen atoms in total. The number of hydrogen-bond acceptors (Lipinski definition) is 4. The highest BCUT2D eigenvalue weighted by molar-refractivity contribution is 6.30. The summed E-state index contributed by atoms with van der Waals surface area (Å²) in [7, 11) is 0. The molecule has 0 bridgehead atoms. The predicted octanol–water partition coefficient (Wildman–Crippen LogP) is 14.9. The summed E-state index contributed by atoms with van der Waals surface area (Å²) in [5.41, 5.74) is 14.2. The van der Waals surface area contributed by atoms with Gasteiger partial charge in [-0.1, -0.05) is 164 Å². The summed E-state index contributed by atoms with van der Waals surface area (Å²) >= 11 is 0. The normalized spacial score (nSPS) is 11.8. The summed E-state index contributed by atoms with van der Waals surface area (Å²) < 4.78 is 12.0. The van der Waals surface area contributed by atoms with E-state index in [2.05, 4.69) is 156 Å². The Bertz CT molecular complexity index is 3890. The topological polar surface area (TPSA) is 61.7 Å². The maximum atomic E-state index is 7.06. The van der Waals surface area contributed by atoms with Crippen molar-refractivity contribution < 1.29 is 4.42 Å². The Morgan fingerprint density at radius 3 is 1.58 bits per heavy atom. The predicted molar refractivity (Wildman–Crippen MR) is 262 cm³/mol. The number of hydrogen-bond donors (Lipinski definition) is 0. The molecule has 13 rings (SSSR count). The van der Waals surface area contributed by atoms with Gasteiger partial charge in [0.25, 0.3) is 0 Å². The van der Waals surface area contributed by atoms with Gasteiger partial charge in [0, 0.05) is 49.3 Å². The van der Waals surface area contributed by atoms with E-state index in [0.29, 0.717) is 17.5 Å². The van der Waals surface area contributed by atoms with E-state index in [0.717, 1.165) is 83.2 Å². The van der Waals surface area contributed by atoms with Crippen LogP contribution in [-0.2, 0) is 0 Å². The van der Waals surface area contributed by atoms with Crippen LogP contribution in [0.15, 0.2) is 211 Å². The fraction of sp³-hybridized carbons (Fsp3) is 0.0172. The molecule has 64 heavy (non-hydrogen) atoms. The largest absolute Gasteiger partial charge is 0.455 e. The molecule has 0 aliphatic carbocycles. The Labute approximate surface area is 368 Å². The lowest BCUT2D eigenvalue weighted by atomic mass is 9.97. The first-order valence-electron chi connectivity index (χ1n) is 21.6. The number of aryl methyl sites for hydroxylation is 1. The summed E-state index contributed by atoms with van der Waals surface area (Å²) in [6.07, 6.45) is 0. The lowest BCUT2D eigenvalue weighted by Gasteiger charge is -2.17. The van der Waals surface area contributed by atoms with E-state index < -0.39 is 0 Å². The third kappa shape index (κ3) is 5.42. The van der Waals surface area contributed by atoms with Crippen LogP contribution in [0, 0.1) is 6.92 Å². The second kappa shape index (κ2) is 14.2. The molecule has 0 aliphatic rings. The van der Waals surface area contributed by atoms with Gasteiger partial charge in [-0.15, -0.1) is 0 Å². The third-order valence-electron chi connectivity index (χ3n) is 12.7. The average molecular weight is 820 g/mol. The molecule has 0 unspecified atom stereocenters. The lowest BCUT2D eigenvalue weighted by Crippen LogP contribution is -2.03. The molecule has 4 aromatic heterocycles. The number of nitrogens with zero attached hydrogens (tertiary/aromatic N) is 5. The Balaban J connectivity index is 1.20. The van der Waals surface area contributed by atoms with E-state index in [9.17, 15) is 0 Å². The van der Waals surface area contributed by atoms with Crippen molar-refractivity contribution in [3.63, 3.8) is 0 Å². The summed E-state index contributed by atoms with van der Waals surface area (Å²) in [5, 5.41) is 6.78. The van der Waals surface area contributed by atoms with Gasteiger partial charge in [-0.05, 0) is 60.5 Å². The number of para-hydroxylation sites is 4. The first kappa shape index (κ1) is 36.1. The summed E-state index contributed by atoms with van der Waals surface area (Å²) in [4.78, 5) is 15.5. The van der Waals surface area contributed by atoms with Gasteiger partial charge in [-0.2, -0.15) is 0 Å². The minimum Gasteiger partial charge on any atom is -0.455 e. The number of furan rings is 1. The van der Waals surface area contributed by atoms with Crippen LogP contribution in [0.25, 0.3) is 122 Å². The SMILES string of the molecule is Cc1cc(-n2c3ccccc3c3c2c(-c2ccccc2)cc2c4ccccc4n(-c4ccccc4)c23)c2c(oc3ccccc32)c1-c1nc(-c2ccccc2)nc(-c2ccccc2)n1. The maximum Gasteiger partial charge on any atom is 0.168 e. The molecule has 0 atom stereocenters. The minimum absolute atomic E-state index is 0.557. The van der Waals surface area contributed by atoms with Crippen molar-refractivity contribution >= 4 is 65.6 Å². The van der Waals surface area contributed by atoms with E-state index in [1.165, 1.54) is 27.1 Å². The molecule has 0 amide bonds. The van der Waals surface area contributed by atoms with Crippen molar-refractivity contribution in [2.45, 2.75) is 6.92 Å². The van der Waals surface area contributed by atoms with Gasteiger partial charge in [-0.3, -0.25) is 0 Å². The quantitative estimate of drug-likeness (QED) is 0.168. The van der Waals surface area contributed by atoms with Crippen molar-refractivity contribution in [3.05, 3.63) is 212 Å². The first-order chi connectivity index (χ1) is 31.7. The lowest BCUT2D eigenvalue weighted by molar-refractivity contribution is 0.669. The summed E-state index contributed by atoms with van der Waals surface area (Å²) in [5.74, 6) is 1.76. The van der Waals surface area contributed by atoms with Crippen LogP contribution in [0.2, 0.25) is 0 Å². The molecule has 0 fully saturated rings. The molecule has 13 aromatic rings. The van der Waals surface area contributed by atoms with Crippen LogP contribution in [0.1, 0.15) is 5.56 Å². The fourth-order valence-corrected chi connectivity index (χ4v) is 9.92. The average Bonchev–Trinajstić information content (AvgIpc) is 4.03. The second-order valence-corrected chi connectivity index (χ2v) is 16.4. The number of rotatable bonds is 6. The zero-order chi connectivity index (χ0) is 42.3. The van der Waals surface area contributed by atoms with Crippen LogP contribution >= 0.6 is 0 Å². The Hall–Kier alpha value is -8.61. The number of fused-ring (bicyclic) bond motifs is 10. The van der Waals surface area contributed by atoms with Crippen molar-refractivity contribution in [1.82, 2.24) is 24.1 Å².